The van der Waals surface area contributed by atoms with Crippen molar-refractivity contribution < 1.29 is 19.1 Å². The van der Waals surface area contributed by atoms with Crippen LogP contribution in [0.2, 0.25) is 0 Å². The predicted molar refractivity (Wildman–Crippen MR) is 76.0 cm³/mol. The maximum atomic E-state index is 11.5. The summed E-state index contributed by atoms with van der Waals surface area (Å²) in [6.45, 7) is 0.662. The zero-order valence-electron chi connectivity index (χ0n) is 12.1. The van der Waals surface area contributed by atoms with Crippen LogP contribution in [0.25, 0.3) is 5.69 Å². The Labute approximate surface area is 126 Å². The molecule has 1 unspecified atom stereocenters. The number of ether oxygens (including phenoxy) is 2. The molecule has 1 fully saturated rings. The van der Waals surface area contributed by atoms with Crippen molar-refractivity contribution in [2.45, 2.75) is 18.9 Å². The Balaban J connectivity index is 1.99. The fourth-order valence-corrected chi connectivity index (χ4v) is 2.53. The van der Waals surface area contributed by atoms with Gasteiger partial charge >= 0.3 is 5.97 Å². The molecular weight excluding hydrogens is 286 g/mol. The molecule has 0 aliphatic carbocycles. The van der Waals surface area contributed by atoms with Gasteiger partial charge in [-0.15, -0.1) is 5.10 Å². The molecule has 22 heavy (non-hydrogen) atoms. The molecule has 0 radical (unpaired) electrons. The summed E-state index contributed by atoms with van der Waals surface area (Å²) in [5, 5.41) is 7.94. The van der Waals surface area contributed by atoms with Crippen LogP contribution >= 0.6 is 0 Å². The highest BCUT2D eigenvalue weighted by Crippen LogP contribution is 2.31. The van der Waals surface area contributed by atoms with Crippen molar-refractivity contribution in [1.82, 2.24) is 15.0 Å². The molecule has 0 bridgehead atoms. The maximum absolute atomic E-state index is 11.5. The van der Waals surface area contributed by atoms with E-state index in [9.17, 15) is 9.59 Å². The van der Waals surface area contributed by atoms with Gasteiger partial charge in [0.2, 0.25) is 0 Å². The molecule has 1 atom stereocenters. The fourth-order valence-electron chi connectivity index (χ4n) is 2.53. The van der Waals surface area contributed by atoms with Crippen LogP contribution in [0.1, 0.15) is 45.5 Å². The summed E-state index contributed by atoms with van der Waals surface area (Å²) in [7, 11) is 1.33. The van der Waals surface area contributed by atoms with Crippen LogP contribution in [0, 0.1) is 0 Å². The Morgan fingerprint density at radius 2 is 2.18 bits per heavy atom. The third kappa shape index (κ3) is 2.50. The average Bonchev–Trinajstić information content (AvgIpc) is 3.22. The number of benzene rings is 1. The SMILES string of the molecule is COC(=O)c1ccc(-n2nnc(C=O)c2C2CCCO2)cc1. The first-order valence-corrected chi connectivity index (χ1v) is 6.95. The standard InChI is InChI=1S/C15H15N3O4/c1-21-15(20)10-4-6-11(7-5-10)18-14(12(9-19)16-17-18)13-3-2-8-22-13/h4-7,9,13H,2-3,8H2,1H3. The summed E-state index contributed by atoms with van der Waals surface area (Å²) in [6, 6.07) is 6.74. The van der Waals surface area contributed by atoms with Gasteiger partial charge in [0.05, 0.1) is 18.4 Å². The lowest BCUT2D eigenvalue weighted by Crippen LogP contribution is -2.09. The topological polar surface area (TPSA) is 83.3 Å². The molecule has 7 heteroatoms. The summed E-state index contributed by atoms with van der Waals surface area (Å²) in [4.78, 5) is 22.6. The highest BCUT2D eigenvalue weighted by Gasteiger charge is 2.27. The molecule has 7 nitrogen and oxygen atoms in total. The minimum Gasteiger partial charge on any atom is -0.465 e. The van der Waals surface area contributed by atoms with Crippen molar-refractivity contribution in [2.24, 2.45) is 0 Å². The number of methoxy groups -OCH3 is 1. The molecule has 0 spiro atoms. The molecule has 1 aromatic heterocycles. The molecule has 1 aliphatic heterocycles. The second-order valence-corrected chi connectivity index (χ2v) is 4.93. The third-order valence-corrected chi connectivity index (χ3v) is 3.61. The second kappa shape index (κ2) is 6.07. The lowest BCUT2D eigenvalue weighted by Gasteiger charge is -2.12. The number of aromatic nitrogens is 3. The Kier molecular flexibility index (Phi) is 3.97. The number of nitrogens with zero attached hydrogens (tertiary/aromatic N) is 3. The third-order valence-electron chi connectivity index (χ3n) is 3.61. The lowest BCUT2D eigenvalue weighted by atomic mass is 10.1. The largest absolute Gasteiger partial charge is 0.465 e. The number of esters is 1. The molecule has 1 aliphatic rings. The Bertz CT molecular complexity index is 687. The molecule has 0 N–H and O–H groups in total. The lowest BCUT2D eigenvalue weighted by molar-refractivity contribution is 0.0600. The molecule has 0 saturated carbocycles. The van der Waals surface area contributed by atoms with Gasteiger partial charge in [-0.2, -0.15) is 0 Å². The number of aldehydes is 1. The number of hydrogen-bond acceptors (Lipinski definition) is 6. The van der Waals surface area contributed by atoms with Gasteiger partial charge in [0.1, 0.15) is 11.8 Å². The molecule has 0 amide bonds. The van der Waals surface area contributed by atoms with Crippen molar-refractivity contribution in [3.8, 4) is 5.69 Å². The van der Waals surface area contributed by atoms with Crippen LogP contribution in [-0.2, 0) is 9.47 Å². The van der Waals surface area contributed by atoms with E-state index >= 15 is 0 Å². The van der Waals surface area contributed by atoms with Crippen LogP contribution < -0.4 is 0 Å². The van der Waals surface area contributed by atoms with E-state index in [0.29, 0.717) is 29.8 Å². The molecule has 2 aromatic rings. The van der Waals surface area contributed by atoms with Crippen LogP contribution in [0.5, 0.6) is 0 Å². The first-order chi connectivity index (χ1) is 10.7. The van der Waals surface area contributed by atoms with Crippen molar-refractivity contribution >= 4 is 12.3 Å². The van der Waals surface area contributed by atoms with Gasteiger partial charge in [-0.1, -0.05) is 5.21 Å². The van der Waals surface area contributed by atoms with Gasteiger partial charge in [-0.25, -0.2) is 9.48 Å². The molecule has 2 heterocycles. The van der Waals surface area contributed by atoms with Crippen LogP contribution in [-0.4, -0.2) is 41.0 Å². The second-order valence-electron chi connectivity index (χ2n) is 4.93. The predicted octanol–water partition coefficient (Wildman–Crippen LogP) is 1.72. The van der Waals surface area contributed by atoms with E-state index in [1.165, 1.54) is 7.11 Å². The monoisotopic (exact) mass is 301 g/mol. The maximum Gasteiger partial charge on any atom is 0.337 e. The Morgan fingerprint density at radius 3 is 2.77 bits per heavy atom. The van der Waals surface area contributed by atoms with E-state index in [1.54, 1.807) is 28.9 Å². The summed E-state index contributed by atoms with van der Waals surface area (Å²) >= 11 is 0. The Morgan fingerprint density at radius 1 is 1.41 bits per heavy atom. The summed E-state index contributed by atoms with van der Waals surface area (Å²) < 4.78 is 11.9. The van der Waals surface area contributed by atoms with Gasteiger partial charge < -0.3 is 9.47 Å². The first kappa shape index (κ1) is 14.4. The average molecular weight is 301 g/mol. The minimum atomic E-state index is -0.405. The molecule has 1 aromatic carbocycles. The van der Waals surface area contributed by atoms with Gasteiger partial charge in [0, 0.05) is 6.61 Å². The quantitative estimate of drug-likeness (QED) is 0.631. The number of carbonyl (C=O) groups is 2. The number of carbonyl (C=O) groups excluding carboxylic acids is 2. The summed E-state index contributed by atoms with van der Waals surface area (Å²) in [6.07, 6.45) is 2.27. The van der Waals surface area contributed by atoms with Gasteiger partial charge in [0.25, 0.3) is 0 Å². The Hall–Kier alpha value is -2.54. The zero-order chi connectivity index (χ0) is 15.5. The van der Waals surface area contributed by atoms with E-state index in [-0.39, 0.29) is 11.8 Å². The molecular formula is C15H15N3O4. The molecule has 114 valence electrons. The molecule has 1 saturated heterocycles. The van der Waals surface area contributed by atoms with Gasteiger partial charge in [-0.3, -0.25) is 4.79 Å². The van der Waals surface area contributed by atoms with Crippen LogP contribution in [0.4, 0.5) is 0 Å². The van der Waals surface area contributed by atoms with Crippen LogP contribution in [0.15, 0.2) is 24.3 Å². The first-order valence-electron chi connectivity index (χ1n) is 6.95. The smallest absolute Gasteiger partial charge is 0.337 e. The number of hydrogen-bond donors (Lipinski definition) is 0. The van der Waals surface area contributed by atoms with Crippen LogP contribution in [0.3, 0.4) is 0 Å². The highest BCUT2D eigenvalue weighted by molar-refractivity contribution is 5.89. The summed E-state index contributed by atoms with van der Waals surface area (Å²) in [5.41, 5.74) is 2.08. The van der Waals surface area contributed by atoms with Gasteiger partial charge in [0.15, 0.2) is 12.0 Å². The minimum absolute atomic E-state index is 0.185. The van der Waals surface area contributed by atoms with Gasteiger partial charge in [-0.05, 0) is 37.1 Å². The van der Waals surface area contributed by atoms with E-state index in [4.69, 9.17) is 4.74 Å². The fraction of sp³-hybridized carbons (Fsp3) is 0.333. The van der Waals surface area contributed by atoms with Crippen molar-refractivity contribution in [3.05, 3.63) is 41.2 Å². The van der Waals surface area contributed by atoms with E-state index in [1.807, 2.05) is 0 Å². The normalized spacial score (nSPS) is 17.4. The molecule has 3 rings (SSSR count). The number of rotatable bonds is 4. The van der Waals surface area contributed by atoms with E-state index in [0.717, 1.165) is 12.8 Å². The highest BCUT2D eigenvalue weighted by atomic mass is 16.5. The van der Waals surface area contributed by atoms with Crippen molar-refractivity contribution in [3.63, 3.8) is 0 Å². The van der Waals surface area contributed by atoms with Crippen molar-refractivity contribution in [2.75, 3.05) is 13.7 Å². The van der Waals surface area contributed by atoms with Crippen molar-refractivity contribution in [1.29, 1.82) is 0 Å². The summed E-state index contributed by atoms with van der Waals surface area (Å²) in [5.74, 6) is -0.405. The van der Waals surface area contributed by atoms with E-state index in [2.05, 4.69) is 15.0 Å². The zero-order valence-corrected chi connectivity index (χ0v) is 12.1. The van der Waals surface area contributed by atoms with E-state index < -0.39 is 5.97 Å².